The van der Waals surface area contributed by atoms with Crippen LogP contribution in [0.15, 0.2) is 77.3 Å². The highest BCUT2D eigenvalue weighted by Crippen LogP contribution is 2.22. The van der Waals surface area contributed by atoms with E-state index in [1.165, 1.54) is 22.2 Å². The van der Waals surface area contributed by atoms with Crippen molar-refractivity contribution in [3.8, 4) is 0 Å². The molecule has 7 heteroatoms. The normalized spacial score (nSPS) is 10.9. The quantitative estimate of drug-likeness (QED) is 0.357. The van der Waals surface area contributed by atoms with Gasteiger partial charge >= 0.3 is 0 Å². The van der Waals surface area contributed by atoms with Gasteiger partial charge in [0.1, 0.15) is 5.82 Å². The first-order valence-corrected chi connectivity index (χ1v) is 12.0. The Bertz CT molecular complexity index is 1120. The second-order valence-corrected chi connectivity index (χ2v) is 9.22. The molecule has 0 unspecified atom stereocenters. The first-order valence-electron chi connectivity index (χ1n) is 10.1. The van der Waals surface area contributed by atoms with Gasteiger partial charge in [0.05, 0.1) is 5.75 Å². The van der Waals surface area contributed by atoms with Gasteiger partial charge in [-0.05, 0) is 48.1 Å². The molecule has 4 aromatic rings. The maximum absolute atomic E-state index is 12.5. The summed E-state index contributed by atoms with van der Waals surface area (Å²) in [6.45, 7) is 2.79. The van der Waals surface area contributed by atoms with E-state index in [1.54, 1.807) is 11.3 Å². The molecule has 0 saturated heterocycles. The van der Waals surface area contributed by atoms with Gasteiger partial charge in [0, 0.05) is 23.5 Å². The first-order chi connectivity index (χ1) is 15.2. The largest absolute Gasteiger partial charge is 0.325 e. The molecule has 5 nitrogen and oxygen atoms in total. The minimum atomic E-state index is -0.0481. The van der Waals surface area contributed by atoms with Crippen LogP contribution in [0.4, 0.5) is 5.69 Å². The fourth-order valence-corrected chi connectivity index (χ4v) is 4.77. The summed E-state index contributed by atoms with van der Waals surface area (Å²) in [7, 11) is 0. The zero-order valence-corrected chi connectivity index (χ0v) is 19.0. The maximum Gasteiger partial charge on any atom is 0.234 e. The standard InChI is InChI=1S/C24H24N4OS2/c1-18-7-5-10-20(15-18)25-23(29)17-31-24-27-26-22(16-21-11-6-14-30-21)28(24)13-12-19-8-3-2-4-9-19/h2-11,14-15H,12-13,16-17H2,1H3,(H,25,29). The number of nitrogens with zero attached hydrogens (tertiary/aromatic N) is 3. The molecular weight excluding hydrogens is 424 g/mol. The summed E-state index contributed by atoms with van der Waals surface area (Å²) in [4.78, 5) is 13.7. The summed E-state index contributed by atoms with van der Waals surface area (Å²) in [6, 6.07) is 22.4. The van der Waals surface area contributed by atoms with E-state index in [9.17, 15) is 4.79 Å². The minimum absolute atomic E-state index is 0.0481. The molecule has 0 bridgehead atoms. The number of hydrogen-bond donors (Lipinski definition) is 1. The highest BCUT2D eigenvalue weighted by atomic mass is 32.2. The van der Waals surface area contributed by atoms with Crippen LogP contribution in [0.3, 0.4) is 0 Å². The number of thioether (sulfide) groups is 1. The van der Waals surface area contributed by atoms with Gasteiger partial charge in [0.25, 0.3) is 0 Å². The number of anilines is 1. The van der Waals surface area contributed by atoms with Crippen LogP contribution in [0.5, 0.6) is 0 Å². The Morgan fingerprint density at radius 3 is 2.71 bits per heavy atom. The molecule has 0 aliphatic carbocycles. The highest BCUT2D eigenvalue weighted by Gasteiger charge is 2.15. The van der Waals surface area contributed by atoms with Gasteiger partial charge in [-0.25, -0.2) is 0 Å². The molecule has 31 heavy (non-hydrogen) atoms. The molecule has 0 fully saturated rings. The number of rotatable bonds is 9. The van der Waals surface area contributed by atoms with E-state index in [4.69, 9.17) is 0 Å². The molecule has 2 heterocycles. The van der Waals surface area contributed by atoms with Crippen molar-refractivity contribution in [3.05, 3.63) is 93.9 Å². The average Bonchev–Trinajstić information content (AvgIpc) is 3.42. The number of carbonyl (C=O) groups excluding carboxylic acids is 1. The monoisotopic (exact) mass is 448 g/mol. The van der Waals surface area contributed by atoms with E-state index in [0.29, 0.717) is 0 Å². The van der Waals surface area contributed by atoms with Gasteiger partial charge in [-0.1, -0.05) is 60.3 Å². The van der Waals surface area contributed by atoms with Crippen LogP contribution in [-0.4, -0.2) is 26.4 Å². The van der Waals surface area contributed by atoms with E-state index < -0.39 is 0 Å². The molecule has 0 aliphatic heterocycles. The molecule has 158 valence electrons. The third kappa shape index (κ3) is 6.06. The smallest absolute Gasteiger partial charge is 0.234 e. The summed E-state index contributed by atoms with van der Waals surface area (Å²) in [5.74, 6) is 1.17. The number of aromatic nitrogens is 3. The number of carbonyl (C=O) groups is 1. The van der Waals surface area contributed by atoms with Gasteiger partial charge in [0.2, 0.25) is 5.91 Å². The lowest BCUT2D eigenvalue weighted by Gasteiger charge is -2.10. The maximum atomic E-state index is 12.5. The van der Waals surface area contributed by atoms with E-state index >= 15 is 0 Å². The SMILES string of the molecule is Cc1cccc(NC(=O)CSc2nnc(Cc3cccs3)n2CCc2ccccc2)c1. The zero-order chi connectivity index (χ0) is 21.5. The first kappa shape index (κ1) is 21.3. The predicted octanol–water partition coefficient (Wildman–Crippen LogP) is 5.21. The summed E-state index contributed by atoms with van der Waals surface area (Å²) in [6.07, 6.45) is 1.63. The number of aryl methyl sites for hydroxylation is 2. The highest BCUT2D eigenvalue weighted by molar-refractivity contribution is 7.99. The third-order valence-corrected chi connectivity index (χ3v) is 6.65. The Morgan fingerprint density at radius 2 is 1.94 bits per heavy atom. The van der Waals surface area contributed by atoms with Crippen LogP contribution in [0.25, 0.3) is 0 Å². The van der Waals surface area contributed by atoms with Gasteiger partial charge in [-0.2, -0.15) is 0 Å². The van der Waals surface area contributed by atoms with Crippen molar-refractivity contribution < 1.29 is 4.79 Å². The van der Waals surface area contributed by atoms with Crippen molar-refractivity contribution >= 4 is 34.7 Å². The summed E-state index contributed by atoms with van der Waals surface area (Å²) in [5, 5.41) is 14.7. The minimum Gasteiger partial charge on any atom is -0.325 e. The lowest BCUT2D eigenvalue weighted by Crippen LogP contribution is -2.15. The van der Waals surface area contributed by atoms with Crippen molar-refractivity contribution in [1.82, 2.24) is 14.8 Å². The van der Waals surface area contributed by atoms with Crippen molar-refractivity contribution in [1.29, 1.82) is 0 Å². The fraction of sp³-hybridized carbons (Fsp3) is 0.208. The van der Waals surface area contributed by atoms with E-state index in [-0.39, 0.29) is 11.7 Å². The Hall–Kier alpha value is -2.90. The van der Waals surface area contributed by atoms with E-state index in [1.807, 2.05) is 37.3 Å². The third-order valence-electron chi connectivity index (χ3n) is 4.81. The van der Waals surface area contributed by atoms with Gasteiger partial charge < -0.3 is 9.88 Å². The Morgan fingerprint density at radius 1 is 1.06 bits per heavy atom. The molecule has 0 aliphatic rings. The summed E-state index contributed by atoms with van der Waals surface area (Å²) in [5.41, 5.74) is 3.20. The van der Waals surface area contributed by atoms with E-state index in [2.05, 4.69) is 61.9 Å². The van der Waals surface area contributed by atoms with Gasteiger partial charge in [0.15, 0.2) is 5.16 Å². The lowest BCUT2D eigenvalue weighted by molar-refractivity contribution is -0.113. The van der Waals surface area contributed by atoms with Crippen molar-refractivity contribution in [2.45, 2.75) is 31.5 Å². The number of amides is 1. The topological polar surface area (TPSA) is 59.8 Å². The molecule has 4 rings (SSSR count). The lowest BCUT2D eigenvalue weighted by atomic mass is 10.1. The van der Waals surface area contributed by atoms with Gasteiger partial charge in [-0.3, -0.25) is 4.79 Å². The molecule has 1 N–H and O–H groups in total. The molecule has 2 aromatic carbocycles. The van der Waals surface area contributed by atoms with Crippen molar-refractivity contribution in [3.63, 3.8) is 0 Å². The van der Waals surface area contributed by atoms with Crippen molar-refractivity contribution in [2.75, 3.05) is 11.1 Å². The second kappa shape index (κ2) is 10.4. The van der Waals surface area contributed by atoms with Crippen LogP contribution in [0.1, 0.15) is 21.8 Å². The summed E-state index contributed by atoms with van der Waals surface area (Å²) >= 11 is 3.15. The van der Waals surface area contributed by atoms with Crippen LogP contribution >= 0.6 is 23.1 Å². The second-order valence-electron chi connectivity index (χ2n) is 7.25. The molecule has 0 saturated carbocycles. The van der Waals surface area contributed by atoms with Gasteiger partial charge in [-0.15, -0.1) is 21.5 Å². The van der Waals surface area contributed by atoms with Crippen LogP contribution in [-0.2, 0) is 24.2 Å². The average molecular weight is 449 g/mol. The number of thiophene rings is 1. The van der Waals surface area contributed by atoms with E-state index in [0.717, 1.165) is 41.6 Å². The summed E-state index contributed by atoms with van der Waals surface area (Å²) < 4.78 is 2.15. The Balaban J connectivity index is 1.45. The number of hydrogen-bond acceptors (Lipinski definition) is 5. The van der Waals surface area contributed by atoms with Crippen molar-refractivity contribution in [2.24, 2.45) is 0 Å². The number of nitrogens with one attached hydrogen (secondary N) is 1. The fourth-order valence-electron chi connectivity index (χ4n) is 3.29. The number of benzene rings is 2. The molecule has 2 aromatic heterocycles. The molecular formula is C24H24N4OS2. The predicted molar refractivity (Wildman–Crippen MR) is 128 cm³/mol. The Labute approximate surface area is 190 Å². The van der Waals surface area contributed by atoms with Crippen LogP contribution in [0.2, 0.25) is 0 Å². The molecule has 0 atom stereocenters. The molecule has 0 spiro atoms. The zero-order valence-electron chi connectivity index (χ0n) is 17.3. The van der Waals surface area contributed by atoms with Crippen LogP contribution < -0.4 is 5.32 Å². The van der Waals surface area contributed by atoms with Crippen LogP contribution in [0, 0.1) is 6.92 Å². The Kier molecular flexibility index (Phi) is 7.17. The molecule has 1 amide bonds. The molecule has 0 radical (unpaired) electrons.